The molecule has 0 radical (unpaired) electrons. The summed E-state index contributed by atoms with van der Waals surface area (Å²) in [6, 6.07) is 12.6. The molecular weight excluding hydrogens is 332 g/mol. The van der Waals surface area contributed by atoms with Crippen molar-refractivity contribution >= 4 is 29.3 Å². The van der Waals surface area contributed by atoms with Crippen LogP contribution in [-0.4, -0.2) is 24.5 Å². The summed E-state index contributed by atoms with van der Waals surface area (Å²) in [4.78, 5) is 23.8. The molecule has 1 heterocycles. The molecule has 26 heavy (non-hydrogen) atoms. The quantitative estimate of drug-likeness (QED) is 0.808. The largest absolute Gasteiger partial charge is 0.494 e. The fraction of sp³-hybridized carbons (Fsp3) is 0.200. The van der Waals surface area contributed by atoms with Crippen LogP contribution >= 0.6 is 0 Å². The molecule has 0 aliphatic carbocycles. The van der Waals surface area contributed by atoms with Gasteiger partial charge in [0.25, 0.3) is 5.91 Å². The van der Waals surface area contributed by atoms with Crippen LogP contribution in [0.15, 0.2) is 48.5 Å². The molecule has 6 heteroatoms. The van der Waals surface area contributed by atoms with E-state index in [2.05, 4.69) is 10.6 Å². The van der Waals surface area contributed by atoms with Gasteiger partial charge < -0.3 is 20.1 Å². The van der Waals surface area contributed by atoms with Gasteiger partial charge in [-0.25, -0.2) is 0 Å². The van der Waals surface area contributed by atoms with Crippen molar-refractivity contribution in [2.45, 2.75) is 20.0 Å². The molecule has 1 aliphatic rings. The predicted octanol–water partition coefficient (Wildman–Crippen LogP) is 3.46. The van der Waals surface area contributed by atoms with Gasteiger partial charge in [0.2, 0.25) is 5.91 Å². The number of carbonyl (C=O) groups excluding carboxylic acids is 2. The van der Waals surface area contributed by atoms with Gasteiger partial charge in [0.05, 0.1) is 12.3 Å². The van der Waals surface area contributed by atoms with E-state index < -0.39 is 6.10 Å². The Morgan fingerprint density at radius 3 is 2.77 bits per heavy atom. The second-order valence-electron chi connectivity index (χ2n) is 5.78. The van der Waals surface area contributed by atoms with Crippen LogP contribution in [0.5, 0.6) is 11.5 Å². The minimum Gasteiger partial charge on any atom is -0.494 e. The second-order valence-corrected chi connectivity index (χ2v) is 5.78. The van der Waals surface area contributed by atoms with E-state index >= 15 is 0 Å². The van der Waals surface area contributed by atoms with Crippen LogP contribution in [0.1, 0.15) is 19.4 Å². The summed E-state index contributed by atoms with van der Waals surface area (Å²) < 4.78 is 10.9. The van der Waals surface area contributed by atoms with E-state index in [1.54, 1.807) is 31.2 Å². The van der Waals surface area contributed by atoms with E-state index in [-0.39, 0.29) is 11.8 Å². The van der Waals surface area contributed by atoms with Crippen molar-refractivity contribution in [1.82, 2.24) is 0 Å². The number of hydrogen-bond donors (Lipinski definition) is 2. The van der Waals surface area contributed by atoms with E-state index in [1.165, 1.54) is 6.08 Å². The molecule has 2 aromatic rings. The summed E-state index contributed by atoms with van der Waals surface area (Å²) in [7, 11) is 0. The summed E-state index contributed by atoms with van der Waals surface area (Å²) >= 11 is 0. The standard InChI is InChI=1S/C20H20N2O4/c1-3-25-16-8-4-14(5-9-16)6-11-19(23)21-15-7-10-18-17(12-15)22-20(24)13(2)26-18/h4-13H,3H2,1-2H3,(H,21,23)(H,22,24)/b11-6+/t13-/m1/s1. The molecule has 1 aliphatic heterocycles. The van der Waals surface area contributed by atoms with Gasteiger partial charge >= 0.3 is 0 Å². The Morgan fingerprint density at radius 1 is 1.27 bits per heavy atom. The van der Waals surface area contributed by atoms with Crippen LogP contribution in [0.4, 0.5) is 11.4 Å². The van der Waals surface area contributed by atoms with Crippen molar-refractivity contribution in [3.63, 3.8) is 0 Å². The molecule has 134 valence electrons. The third-order valence-electron chi connectivity index (χ3n) is 3.80. The Labute approximate surface area is 151 Å². The summed E-state index contributed by atoms with van der Waals surface area (Å²) in [5.41, 5.74) is 2.01. The highest BCUT2D eigenvalue weighted by Gasteiger charge is 2.23. The van der Waals surface area contributed by atoms with Crippen LogP contribution in [0, 0.1) is 0 Å². The molecule has 0 fully saturated rings. The highest BCUT2D eigenvalue weighted by molar-refractivity contribution is 6.03. The molecule has 2 aromatic carbocycles. The smallest absolute Gasteiger partial charge is 0.265 e. The number of ether oxygens (including phenoxy) is 2. The second kappa shape index (κ2) is 7.74. The van der Waals surface area contributed by atoms with Crippen molar-refractivity contribution in [2.75, 3.05) is 17.2 Å². The van der Waals surface area contributed by atoms with Gasteiger partial charge in [0.1, 0.15) is 11.5 Å². The van der Waals surface area contributed by atoms with Crippen molar-refractivity contribution in [3.05, 3.63) is 54.1 Å². The fourth-order valence-corrected chi connectivity index (χ4v) is 2.48. The molecular formula is C20H20N2O4. The van der Waals surface area contributed by atoms with Crippen molar-refractivity contribution in [3.8, 4) is 11.5 Å². The summed E-state index contributed by atoms with van der Waals surface area (Å²) in [6.07, 6.45) is 2.64. The van der Waals surface area contributed by atoms with Crippen LogP contribution in [-0.2, 0) is 9.59 Å². The lowest BCUT2D eigenvalue weighted by Gasteiger charge is -2.23. The van der Waals surface area contributed by atoms with Crippen LogP contribution in [0.3, 0.4) is 0 Å². The lowest BCUT2D eigenvalue weighted by Crippen LogP contribution is -2.34. The van der Waals surface area contributed by atoms with E-state index in [0.29, 0.717) is 23.7 Å². The summed E-state index contributed by atoms with van der Waals surface area (Å²) in [6.45, 7) is 4.22. The molecule has 3 rings (SSSR count). The highest BCUT2D eigenvalue weighted by atomic mass is 16.5. The molecule has 0 saturated carbocycles. The number of hydrogen-bond acceptors (Lipinski definition) is 4. The van der Waals surface area contributed by atoms with Gasteiger partial charge in [0.15, 0.2) is 6.10 Å². The first kappa shape index (κ1) is 17.5. The van der Waals surface area contributed by atoms with Crippen molar-refractivity contribution < 1.29 is 19.1 Å². The Hall–Kier alpha value is -3.28. The third-order valence-corrected chi connectivity index (χ3v) is 3.80. The lowest BCUT2D eigenvalue weighted by atomic mass is 10.2. The number of carbonyl (C=O) groups is 2. The maximum absolute atomic E-state index is 12.1. The van der Waals surface area contributed by atoms with Gasteiger partial charge in [-0.05, 0) is 55.8 Å². The molecule has 0 saturated heterocycles. The number of nitrogens with one attached hydrogen (secondary N) is 2. The Balaban J connectivity index is 1.63. The van der Waals surface area contributed by atoms with Gasteiger partial charge in [-0.3, -0.25) is 9.59 Å². The van der Waals surface area contributed by atoms with Crippen molar-refractivity contribution in [2.24, 2.45) is 0 Å². The van der Waals surface area contributed by atoms with Crippen molar-refractivity contribution in [1.29, 1.82) is 0 Å². The lowest BCUT2D eigenvalue weighted by molar-refractivity contribution is -0.122. The van der Waals surface area contributed by atoms with E-state index in [4.69, 9.17) is 9.47 Å². The number of fused-ring (bicyclic) bond motifs is 1. The monoisotopic (exact) mass is 352 g/mol. The maximum atomic E-state index is 12.1. The highest BCUT2D eigenvalue weighted by Crippen LogP contribution is 2.32. The predicted molar refractivity (Wildman–Crippen MR) is 100 cm³/mol. The Morgan fingerprint density at radius 2 is 2.04 bits per heavy atom. The molecule has 0 unspecified atom stereocenters. The minimum absolute atomic E-state index is 0.212. The van der Waals surface area contributed by atoms with Crippen LogP contribution in [0.2, 0.25) is 0 Å². The van der Waals surface area contributed by atoms with Crippen LogP contribution in [0.25, 0.3) is 6.08 Å². The maximum Gasteiger partial charge on any atom is 0.265 e. The SMILES string of the molecule is CCOc1ccc(/C=C/C(=O)Nc2ccc3c(c2)NC(=O)[C@@H](C)O3)cc1. The normalized spacial score (nSPS) is 15.8. The first-order chi connectivity index (χ1) is 12.5. The zero-order chi connectivity index (χ0) is 18.5. The first-order valence-corrected chi connectivity index (χ1v) is 8.38. The number of benzene rings is 2. The molecule has 0 spiro atoms. The van der Waals surface area contributed by atoms with E-state index in [9.17, 15) is 9.59 Å². The summed E-state index contributed by atoms with van der Waals surface area (Å²) in [5.74, 6) is 0.897. The number of rotatable bonds is 5. The molecule has 2 amide bonds. The number of amides is 2. The zero-order valence-electron chi connectivity index (χ0n) is 14.6. The van der Waals surface area contributed by atoms with Crippen LogP contribution < -0.4 is 20.1 Å². The van der Waals surface area contributed by atoms with E-state index in [0.717, 1.165) is 11.3 Å². The Kier molecular flexibility index (Phi) is 5.22. The average molecular weight is 352 g/mol. The molecule has 2 N–H and O–H groups in total. The molecule has 6 nitrogen and oxygen atoms in total. The minimum atomic E-state index is -0.528. The Bertz CT molecular complexity index is 843. The zero-order valence-corrected chi connectivity index (χ0v) is 14.6. The van der Waals surface area contributed by atoms with Gasteiger partial charge in [-0.1, -0.05) is 12.1 Å². The number of anilines is 2. The first-order valence-electron chi connectivity index (χ1n) is 8.38. The summed E-state index contributed by atoms with van der Waals surface area (Å²) in [5, 5.41) is 5.51. The molecule has 1 atom stereocenters. The van der Waals surface area contributed by atoms with Gasteiger partial charge in [-0.15, -0.1) is 0 Å². The fourth-order valence-electron chi connectivity index (χ4n) is 2.48. The third kappa shape index (κ3) is 4.22. The molecule has 0 aromatic heterocycles. The average Bonchev–Trinajstić information content (AvgIpc) is 2.63. The van der Waals surface area contributed by atoms with Gasteiger partial charge in [-0.2, -0.15) is 0 Å². The van der Waals surface area contributed by atoms with E-state index in [1.807, 2.05) is 31.2 Å². The van der Waals surface area contributed by atoms with Gasteiger partial charge in [0, 0.05) is 11.8 Å². The topological polar surface area (TPSA) is 76.7 Å². The molecule has 0 bridgehead atoms.